The summed E-state index contributed by atoms with van der Waals surface area (Å²) in [6, 6.07) is 0. The van der Waals surface area contributed by atoms with Gasteiger partial charge in [0.1, 0.15) is 0 Å². The summed E-state index contributed by atoms with van der Waals surface area (Å²) >= 11 is 7.05. The fourth-order valence-corrected chi connectivity index (χ4v) is 3.36. The van der Waals surface area contributed by atoms with Crippen LogP contribution in [-0.4, -0.2) is 27.1 Å². The van der Waals surface area contributed by atoms with Gasteiger partial charge in [-0.25, -0.2) is 0 Å². The first-order chi connectivity index (χ1) is 5.97. The molecule has 4 heteroatoms. The molecule has 1 atom stereocenters. The van der Waals surface area contributed by atoms with Crippen molar-refractivity contribution in [3.63, 3.8) is 0 Å². The lowest BCUT2D eigenvalue weighted by Crippen LogP contribution is -2.35. The summed E-state index contributed by atoms with van der Waals surface area (Å²) in [5, 5.41) is 0. The maximum absolute atomic E-state index is 12.0. The van der Waals surface area contributed by atoms with Gasteiger partial charge in [0, 0.05) is 13.1 Å². The van der Waals surface area contributed by atoms with E-state index in [1.807, 2.05) is 11.8 Å². The molecule has 0 aromatic rings. The molecular weight excluding hydrogens is 298 g/mol. The predicted molar refractivity (Wildman–Crippen MR) is 59.1 cm³/mol. The lowest BCUT2D eigenvalue weighted by Gasteiger charge is -2.21. The van der Waals surface area contributed by atoms with E-state index in [2.05, 4.69) is 31.9 Å². The molecule has 74 valence electrons. The van der Waals surface area contributed by atoms with E-state index in [0.29, 0.717) is 5.91 Å². The van der Waals surface area contributed by atoms with Gasteiger partial charge in [-0.2, -0.15) is 0 Å². The van der Waals surface area contributed by atoms with Crippen molar-refractivity contribution in [1.29, 1.82) is 0 Å². The Kier molecular flexibility index (Phi) is 2.27. The van der Waals surface area contributed by atoms with E-state index >= 15 is 0 Å². The summed E-state index contributed by atoms with van der Waals surface area (Å²) in [6.07, 6.45) is 3.23. The van der Waals surface area contributed by atoms with Crippen LogP contribution in [0.25, 0.3) is 0 Å². The van der Waals surface area contributed by atoms with Crippen molar-refractivity contribution in [2.75, 3.05) is 13.1 Å². The highest BCUT2D eigenvalue weighted by atomic mass is 79.9. The summed E-state index contributed by atoms with van der Waals surface area (Å²) < 4.78 is -0.132. The number of carbonyl (C=O) groups is 1. The van der Waals surface area contributed by atoms with Gasteiger partial charge in [-0.15, -0.1) is 0 Å². The average molecular weight is 311 g/mol. The van der Waals surface area contributed by atoms with Crippen LogP contribution in [0.4, 0.5) is 0 Å². The van der Waals surface area contributed by atoms with E-state index < -0.39 is 0 Å². The molecule has 1 saturated carbocycles. The lowest BCUT2D eigenvalue weighted by molar-refractivity contribution is -0.135. The minimum absolute atomic E-state index is 0.132. The van der Waals surface area contributed by atoms with Crippen LogP contribution in [-0.2, 0) is 4.79 Å². The van der Waals surface area contributed by atoms with Crippen LogP contribution in [0.3, 0.4) is 0 Å². The summed E-state index contributed by atoms with van der Waals surface area (Å²) in [5.41, 5.74) is -0.211. The van der Waals surface area contributed by atoms with Crippen molar-refractivity contribution in [1.82, 2.24) is 4.90 Å². The molecule has 2 rings (SSSR count). The molecule has 2 nitrogen and oxygen atoms in total. The van der Waals surface area contributed by atoms with E-state index in [9.17, 15) is 4.79 Å². The maximum atomic E-state index is 12.0. The summed E-state index contributed by atoms with van der Waals surface area (Å²) in [4.78, 5) is 14.0. The lowest BCUT2D eigenvalue weighted by atomic mass is 10.1. The zero-order valence-electron chi connectivity index (χ0n) is 7.65. The third-order valence-electron chi connectivity index (χ3n) is 3.12. The smallest absolute Gasteiger partial charge is 0.230 e. The summed E-state index contributed by atoms with van der Waals surface area (Å²) in [7, 11) is 0. The summed E-state index contributed by atoms with van der Waals surface area (Å²) in [6.45, 7) is 3.92. The number of hydrogen-bond acceptors (Lipinski definition) is 1. The minimum atomic E-state index is -0.211. The molecule has 13 heavy (non-hydrogen) atoms. The fourth-order valence-electron chi connectivity index (χ4n) is 1.90. The third kappa shape index (κ3) is 1.46. The predicted octanol–water partition coefficient (Wildman–Crippen LogP) is 2.50. The number of hydrogen-bond donors (Lipinski definition) is 0. The van der Waals surface area contributed by atoms with Crippen LogP contribution in [0.15, 0.2) is 0 Å². The average Bonchev–Trinajstić information content (AvgIpc) is 2.55. The first-order valence-electron chi connectivity index (χ1n) is 4.65. The van der Waals surface area contributed by atoms with E-state index in [1.54, 1.807) is 0 Å². The Labute approximate surface area is 95.3 Å². The number of alkyl halides is 2. The van der Waals surface area contributed by atoms with Gasteiger partial charge in [-0.05, 0) is 26.2 Å². The Bertz CT molecular complexity index is 248. The zero-order valence-corrected chi connectivity index (χ0v) is 10.8. The van der Waals surface area contributed by atoms with E-state index in [1.165, 1.54) is 12.8 Å². The molecule has 0 aromatic carbocycles. The second-order valence-electron chi connectivity index (χ2n) is 4.21. The van der Waals surface area contributed by atoms with Crippen LogP contribution in [0.2, 0.25) is 0 Å². The van der Waals surface area contributed by atoms with Gasteiger partial charge >= 0.3 is 0 Å². The number of carbonyl (C=O) groups excluding carboxylic acids is 1. The first kappa shape index (κ1) is 9.97. The van der Waals surface area contributed by atoms with Gasteiger partial charge in [0.2, 0.25) is 5.91 Å². The first-order valence-corrected chi connectivity index (χ1v) is 6.23. The van der Waals surface area contributed by atoms with Crippen LogP contribution in [0.5, 0.6) is 0 Å². The second-order valence-corrected chi connectivity index (χ2v) is 7.98. The largest absolute Gasteiger partial charge is 0.342 e. The van der Waals surface area contributed by atoms with Crippen molar-refractivity contribution >= 4 is 37.8 Å². The van der Waals surface area contributed by atoms with Crippen LogP contribution in [0, 0.1) is 5.41 Å². The molecule has 0 unspecified atom stereocenters. The highest BCUT2D eigenvalue weighted by Gasteiger charge is 2.67. The Balaban J connectivity index is 2.06. The minimum Gasteiger partial charge on any atom is -0.342 e. The molecule has 2 aliphatic rings. The topological polar surface area (TPSA) is 20.3 Å². The van der Waals surface area contributed by atoms with Gasteiger partial charge < -0.3 is 4.90 Å². The molecule has 0 bridgehead atoms. The van der Waals surface area contributed by atoms with E-state index in [-0.39, 0.29) is 8.65 Å². The number of amides is 1. The van der Waals surface area contributed by atoms with Crippen molar-refractivity contribution in [3.8, 4) is 0 Å². The zero-order chi connectivity index (χ0) is 9.69. The molecule has 1 saturated heterocycles. The van der Waals surface area contributed by atoms with E-state index in [4.69, 9.17) is 0 Å². The highest BCUT2D eigenvalue weighted by Crippen LogP contribution is 2.67. The van der Waals surface area contributed by atoms with Crippen LogP contribution < -0.4 is 0 Å². The van der Waals surface area contributed by atoms with Gasteiger partial charge in [0.25, 0.3) is 0 Å². The normalized spacial score (nSPS) is 36.4. The van der Waals surface area contributed by atoms with Crippen molar-refractivity contribution in [2.45, 2.75) is 29.4 Å². The monoisotopic (exact) mass is 309 g/mol. The Morgan fingerprint density at radius 1 is 1.31 bits per heavy atom. The maximum Gasteiger partial charge on any atom is 0.230 e. The molecular formula is C9H13Br2NO. The fraction of sp³-hybridized carbons (Fsp3) is 0.889. The molecule has 1 aliphatic heterocycles. The molecule has 0 N–H and O–H groups in total. The van der Waals surface area contributed by atoms with Crippen molar-refractivity contribution in [3.05, 3.63) is 0 Å². The summed E-state index contributed by atoms with van der Waals surface area (Å²) in [5.74, 6) is 0.304. The molecule has 0 aromatic heterocycles. The van der Waals surface area contributed by atoms with Gasteiger partial charge in [-0.3, -0.25) is 4.79 Å². The SMILES string of the molecule is C[C@@]1(C(=O)N2CCCC2)CC1(Br)Br. The number of rotatable bonds is 1. The third-order valence-corrected chi connectivity index (χ3v) is 5.43. The molecule has 1 heterocycles. The number of halogens is 2. The Hall–Kier alpha value is 0.430. The van der Waals surface area contributed by atoms with Gasteiger partial charge in [0.05, 0.1) is 8.65 Å². The molecule has 1 aliphatic carbocycles. The van der Waals surface area contributed by atoms with Crippen LogP contribution >= 0.6 is 31.9 Å². The van der Waals surface area contributed by atoms with Gasteiger partial charge in [0.15, 0.2) is 0 Å². The number of nitrogens with zero attached hydrogens (tertiary/aromatic N) is 1. The molecule has 1 amide bonds. The highest BCUT2D eigenvalue weighted by molar-refractivity contribution is 9.25. The number of likely N-dealkylation sites (tertiary alicyclic amines) is 1. The molecule has 0 radical (unpaired) electrons. The molecule has 2 fully saturated rings. The van der Waals surface area contributed by atoms with E-state index in [0.717, 1.165) is 19.5 Å². The standard InChI is InChI=1S/C9H13Br2NO/c1-8(6-9(8,10)11)7(13)12-4-2-3-5-12/h2-6H2,1H3/t8-/m0/s1. The van der Waals surface area contributed by atoms with Crippen molar-refractivity contribution in [2.24, 2.45) is 5.41 Å². The Morgan fingerprint density at radius 2 is 1.77 bits per heavy atom. The van der Waals surface area contributed by atoms with Crippen molar-refractivity contribution < 1.29 is 4.79 Å². The quantitative estimate of drug-likeness (QED) is 0.682. The molecule has 0 spiro atoms. The second kappa shape index (κ2) is 2.96. The van der Waals surface area contributed by atoms with Crippen LogP contribution in [0.1, 0.15) is 26.2 Å². The Morgan fingerprint density at radius 3 is 2.15 bits per heavy atom. The van der Waals surface area contributed by atoms with Gasteiger partial charge in [-0.1, -0.05) is 31.9 Å².